The summed E-state index contributed by atoms with van der Waals surface area (Å²) in [5.41, 5.74) is -0.843. The Kier molecular flexibility index (Phi) is 5.39. The van der Waals surface area contributed by atoms with Gasteiger partial charge in [0, 0.05) is 6.07 Å². The molecule has 0 spiro atoms. The van der Waals surface area contributed by atoms with Crippen LogP contribution in [0.25, 0.3) is 16.7 Å². The number of ether oxygens (including phenoxy) is 1. The molecule has 0 saturated heterocycles. The number of aliphatic hydroxyl groups excluding tert-OH is 1. The van der Waals surface area contributed by atoms with Crippen molar-refractivity contribution in [2.75, 3.05) is 6.61 Å². The van der Waals surface area contributed by atoms with Crippen LogP contribution >= 0.6 is 11.6 Å². The molecule has 0 aliphatic heterocycles. The van der Waals surface area contributed by atoms with E-state index in [4.69, 9.17) is 16.3 Å². The second-order valence-electron chi connectivity index (χ2n) is 7.07. The van der Waals surface area contributed by atoms with Crippen molar-refractivity contribution in [3.8, 4) is 5.82 Å². The fourth-order valence-corrected chi connectivity index (χ4v) is 2.94. The number of benzene rings is 1. The number of hydrogen-bond acceptors (Lipinski definition) is 6. The molecular weight excluding hydrogens is 386 g/mol. The average Bonchev–Trinajstić information content (AvgIpc) is 3.12. The second kappa shape index (κ2) is 7.61. The highest BCUT2D eigenvalue weighted by atomic mass is 35.5. The summed E-state index contributed by atoms with van der Waals surface area (Å²) in [5.74, 6) is 0.427. The third-order valence-corrected chi connectivity index (χ3v) is 4.10. The number of aliphatic hydroxyl groups is 1. The molecule has 28 heavy (non-hydrogen) atoms. The van der Waals surface area contributed by atoms with Crippen molar-refractivity contribution < 1.29 is 14.6 Å². The van der Waals surface area contributed by atoms with Crippen molar-refractivity contribution in [1.29, 1.82) is 0 Å². The van der Waals surface area contributed by atoms with Gasteiger partial charge in [-0.3, -0.25) is 9.89 Å². The second-order valence-corrected chi connectivity index (χ2v) is 7.47. The summed E-state index contributed by atoms with van der Waals surface area (Å²) in [7, 11) is 0. The lowest BCUT2D eigenvalue weighted by Crippen LogP contribution is -2.39. The number of halogens is 1. The number of carbonyl (C=O) groups is 1. The average molecular weight is 406 g/mol. The number of alkyl carbamates (subject to hydrolysis) is 1. The molecule has 9 nitrogen and oxygen atoms in total. The Balaban J connectivity index is 2.17. The van der Waals surface area contributed by atoms with Crippen LogP contribution in [0.3, 0.4) is 0 Å². The van der Waals surface area contributed by atoms with Crippen LogP contribution in [0.5, 0.6) is 0 Å². The molecule has 2 aromatic heterocycles. The van der Waals surface area contributed by atoms with E-state index in [1.165, 1.54) is 10.8 Å². The van der Waals surface area contributed by atoms with Crippen LogP contribution in [-0.4, -0.2) is 43.2 Å². The molecule has 0 fully saturated rings. The van der Waals surface area contributed by atoms with Gasteiger partial charge in [0.1, 0.15) is 23.3 Å². The van der Waals surface area contributed by atoms with E-state index in [1.54, 1.807) is 45.0 Å². The van der Waals surface area contributed by atoms with Crippen LogP contribution in [-0.2, 0) is 4.74 Å². The first-order valence-electron chi connectivity index (χ1n) is 8.52. The number of nitrogens with one attached hydrogen (secondary N) is 2. The summed E-state index contributed by atoms with van der Waals surface area (Å²) in [6.45, 7) is 4.65. The zero-order chi connectivity index (χ0) is 20.5. The highest BCUT2D eigenvalue weighted by Crippen LogP contribution is 2.22. The minimum Gasteiger partial charge on any atom is -0.444 e. The quantitative estimate of drug-likeness (QED) is 0.612. The number of amides is 1. The molecule has 1 amide bonds. The smallest absolute Gasteiger partial charge is 0.408 e. The normalized spacial score (nSPS) is 12.8. The topological polar surface area (TPSA) is 122 Å². The van der Waals surface area contributed by atoms with E-state index in [0.717, 1.165) is 0 Å². The molecule has 0 unspecified atom stereocenters. The first-order chi connectivity index (χ1) is 13.2. The van der Waals surface area contributed by atoms with Gasteiger partial charge in [0.15, 0.2) is 0 Å². The highest BCUT2D eigenvalue weighted by molar-refractivity contribution is 6.35. The predicted octanol–water partition coefficient (Wildman–Crippen LogP) is 2.32. The van der Waals surface area contributed by atoms with Gasteiger partial charge >= 0.3 is 6.09 Å². The fourth-order valence-electron chi connectivity index (χ4n) is 2.69. The van der Waals surface area contributed by atoms with Gasteiger partial charge in [0.05, 0.1) is 28.7 Å². The molecular formula is C18H20ClN5O4. The van der Waals surface area contributed by atoms with Gasteiger partial charge in [0.2, 0.25) is 0 Å². The van der Waals surface area contributed by atoms with E-state index in [9.17, 15) is 14.7 Å². The van der Waals surface area contributed by atoms with Crippen LogP contribution in [0.4, 0.5) is 4.79 Å². The molecule has 1 aromatic carbocycles. The Morgan fingerprint density at radius 3 is 2.75 bits per heavy atom. The molecule has 0 radical (unpaired) electrons. The summed E-state index contributed by atoms with van der Waals surface area (Å²) in [6.07, 6.45) is 0.723. The lowest BCUT2D eigenvalue weighted by molar-refractivity contribution is 0.0477. The number of H-pyrrole nitrogens is 1. The van der Waals surface area contributed by atoms with Crippen LogP contribution in [0.1, 0.15) is 32.6 Å². The number of carbonyl (C=O) groups excluding carboxylic acids is 1. The summed E-state index contributed by atoms with van der Waals surface area (Å²) in [6, 6.07) is 5.44. The van der Waals surface area contributed by atoms with Crippen LogP contribution in [0, 0.1) is 0 Å². The van der Waals surface area contributed by atoms with Gasteiger partial charge in [0.25, 0.3) is 5.56 Å². The van der Waals surface area contributed by atoms with Crippen molar-refractivity contribution >= 4 is 28.6 Å². The Morgan fingerprint density at radius 1 is 1.39 bits per heavy atom. The van der Waals surface area contributed by atoms with Crippen molar-refractivity contribution in [1.82, 2.24) is 25.1 Å². The van der Waals surface area contributed by atoms with Gasteiger partial charge < -0.3 is 15.2 Å². The van der Waals surface area contributed by atoms with Crippen molar-refractivity contribution in [3.05, 3.63) is 51.7 Å². The minimum absolute atomic E-state index is 0.109. The molecule has 1 atom stereocenters. The molecule has 0 aliphatic rings. The largest absolute Gasteiger partial charge is 0.444 e. The van der Waals surface area contributed by atoms with Crippen LogP contribution < -0.4 is 10.9 Å². The Bertz CT molecular complexity index is 1060. The third kappa shape index (κ3) is 4.00. The standard InChI is InChI=1S/C18H20ClN5O4/c1-18(2,3)28-17(27)22-12(9-25)15-21-11-6-4-5-10(19)14(11)16(26)24(15)13-7-8-20-23-13/h4-8,12,25H,9H2,1-3H3,(H,20,23)(H,22,27)/t12-/m0/s1. The van der Waals surface area contributed by atoms with Crippen LogP contribution in [0.2, 0.25) is 5.02 Å². The van der Waals surface area contributed by atoms with Gasteiger partial charge in [-0.05, 0) is 32.9 Å². The lowest BCUT2D eigenvalue weighted by Gasteiger charge is -2.24. The van der Waals surface area contributed by atoms with E-state index in [2.05, 4.69) is 20.5 Å². The van der Waals surface area contributed by atoms with Crippen molar-refractivity contribution in [2.45, 2.75) is 32.4 Å². The number of rotatable bonds is 4. The zero-order valence-corrected chi connectivity index (χ0v) is 16.3. The molecule has 148 valence electrons. The maximum atomic E-state index is 13.2. The van der Waals surface area contributed by atoms with E-state index in [1.807, 2.05) is 0 Å². The van der Waals surface area contributed by atoms with E-state index < -0.39 is 29.9 Å². The van der Waals surface area contributed by atoms with Crippen LogP contribution in [0.15, 0.2) is 35.3 Å². The summed E-state index contributed by atoms with van der Waals surface area (Å²) < 4.78 is 6.46. The number of nitrogens with zero attached hydrogens (tertiary/aromatic N) is 3. The molecule has 0 saturated carbocycles. The molecule has 3 N–H and O–H groups in total. The molecule has 10 heteroatoms. The summed E-state index contributed by atoms with van der Waals surface area (Å²) in [4.78, 5) is 29.8. The maximum Gasteiger partial charge on any atom is 0.408 e. The Morgan fingerprint density at radius 2 is 2.14 bits per heavy atom. The fraction of sp³-hybridized carbons (Fsp3) is 0.333. The number of fused-ring (bicyclic) bond motifs is 1. The van der Waals surface area contributed by atoms with Crippen molar-refractivity contribution in [2.24, 2.45) is 0 Å². The van der Waals surface area contributed by atoms with Gasteiger partial charge in [-0.15, -0.1) is 0 Å². The van der Waals surface area contributed by atoms with E-state index >= 15 is 0 Å². The first-order valence-corrected chi connectivity index (χ1v) is 8.90. The molecule has 0 aliphatic carbocycles. The summed E-state index contributed by atoms with van der Waals surface area (Å²) in [5, 5.41) is 19.5. The van der Waals surface area contributed by atoms with Gasteiger partial charge in [-0.25, -0.2) is 14.3 Å². The zero-order valence-electron chi connectivity index (χ0n) is 15.6. The minimum atomic E-state index is -1.01. The Labute approximate surface area is 165 Å². The number of hydrogen-bond donors (Lipinski definition) is 3. The number of aromatic amines is 1. The van der Waals surface area contributed by atoms with Gasteiger partial charge in [-0.2, -0.15) is 5.10 Å². The SMILES string of the molecule is CC(C)(C)OC(=O)N[C@@H](CO)c1nc2cccc(Cl)c2c(=O)n1-c1ccn[nH]1. The molecule has 0 bridgehead atoms. The molecule has 3 aromatic rings. The third-order valence-electron chi connectivity index (χ3n) is 3.78. The monoisotopic (exact) mass is 405 g/mol. The molecule has 3 rings (SSSR count). The van der Waals surface area contributed by atoms with E-state index in [-0.39, 0.29) is 16.2 Å². The lowest BCUT2D eigenvalue weighted by atomic mass is 10.2. The molecule has 2 heterocycles. The number of aromatic nitrogens is 4. The Hall–Kier alpha value is -2.91. The predicted molar refractivity (Wildman–Crippen MR) is 104 cm³/mol. The maximum absolute atomic E-state index is 13.2. The van der Waals surface area contributed by atoms with Gasteiger partial charge in [-0.1, -0.05) is 17.7 Å². The first kappa shape index (κ1) is 19.8. The van der Waals surface area contributed by atoms with E-state index in [0.29, 0.717) is 11.3 Å². The summed E-state index contributed by atoms with van der Waals surface area (Å²) >= 11 is 6.20. The highest BCUT2D eigenvalue weighted by Gasteiger charge is 2.26. The van der Waals surface area contributed by atoms with Crippen molar-refractivity contribution in [3.63, 3.8) is 0 Å².